The molecular formula is C18H28N2O2. The first-order chi connectivity index (χ1) is 10.4. The first-order valence-corrected chi connectivity index (χ1v) is 8.11. The van der Waals surface area contributed by atoms with Crippen molar-refractivity contribution in [2.75, 3.05) is 18.2 Å². The van der Waals surface area contributed by atoms with Gasteiger partial charge in [-0.15, -0.1) is 0 Å². The summed E-state index contributed by atoms with van der Waals surface area (Å²) >= 11 is 0. The maximum Gasteiger partial charge on any atom is 0.305 e. The Balaban J connectivity index is 1.96. The van der Waals surface area contributed by atoms with Crippen molar-refractivity contribution in [3.05, 3.63) is 23.8 Å². The summed E-state index contributed by atoms with van der Waals surface area (Å²) in [5.41, 5.74) is 9.40. The van der Waals surface area contributed by atoms with Crippen LogP contribution < -0.4 is 11.1 Å². The molecule has 2 rings (SSSR count). The minimum absolute atomic E-state index is 0.190. The molecule has 4 heteroatoms. The van der Waals surface area contributed by atoms with Gasteiger partial charge in [-0.25, -0.2) is 0 Å². The number of hydrogen-bond donors (Lipinski definition) is 2. The van der Waals surface area contributed by atoms with Crippen molar-refractivity contribution in [3.8, 4) is 0 Å². The Kier molecular flexibility index (Phi) is 5.33. The Hall–Kier alpha value is -1.71. The molecule has 0 amide bonds. The average Bonchev–Trinajstić information content (AvgIpc) is 2.46. The molecule has 0 spiro atoms. The number of hydrogen-bond acceptors (Lipinski definition) is 4. The topological polar surface area (TPSA) is 64.3 Å². The van der Waals surface area contributed by atoms with Gasteiger partial charge in [0.25, 0.3) is 0 Å². The largest absolute Gasteiger partial charge is 0.469 e. The predicted octanol–water partition coefficient (Wildman–Crippen LogP) is 3.76. The monoisotopic (exact) mass is 304 g/mol. The summed E-state index contributed by atoms with van der Waals surface area (Å²) in [6.07, 6.45) is 5.99. The quantitative estimate of drug-likeness (QED) is 0.642. The van der Waals surface area contributed by atoms with Gasteiger partial charge in [-0.3, -0.25) is 4.79 Å². The molecule has 22 heavy (non-hydrogen) atoms. The minimum atomic E-state index is -0.190. The van der Waals surface area contributed by atoms with Gasteiger partial charge in [0.2, 0.25) is 0 Å². The van der Waals surface area contributed by atoms with E-state index >= 15 is 0 Å². The molecule has 0 bridgehead atoms. The smallest absolute Gasteiger partial charge is 0.305 e. The van der Waals surface area contributed by atoms with Gasteiger partial charge in [0.1, 0.15) is 0 Å². The molecule has 3 N–H and O–H groups in total. The van der Waals surface area contributed by atoms with E-state index in [0.717, 1.165) is 16.9 Å². The molecule has 1 aliphatic rings. The lowest BCUT2D eigenvalue weighted by molar-refractivity contribution is -0.140. The fourth-order valence-corrected chi connectivity index (χ4v) is 3.29. The van der Waals surface area contributed by atoms with Crippen LogP contribution in [0.25, 0.3) is 0 Å². The maximum atomic E-state index is 11.2. The molecule has 1 aliphatic carbocycles. The van der Waals surface area contributed by atoms with Crippen molar-refractivity contribution in [1.82, 2.24) is 0 Å². The van der Waals surface area contributed by atoms with Crippen molar-refractivity contribution in [3.63, 3.8) is 0 Å². The Bertz CT molecular complexity index is 526. The van der Waals surface area contributed by atoms with Crippen LogP contribution in [0.1, 0.15) is 51.5 Å². The first-order valence-electron chi connectivity index (χ1n) is 8.11. The van der Waals surface area contributed by atoms with Gasteiger partial charge in [-0.05, 0) is 48.8 Å². The number of benzene rings is 1. The van der Waals surface area contributed by atoms with Gasteiger partial charge >= 0.3 is 5.97 Å². The number of nitrogens with one attached hydrogen (secondary N) is 1. The van der Waals surface area contributed by atoms with Crippen LogP contribution in [-0.2, 0) is 16.0 Å². The lowest BCUT2D eigenvalue weighted by Crippen LogP contribution is -2.32. The number of nitrogens with two attached hydrogens (primary N) is 1. The predicted molar refractivity (Wildman–Crippen MR) is 90.9 cm³/mol. The lowest BCUT2D eigenvalue weighted by Gasteiger charge is -2.36. The van der Waals surface area contributed by atoms with Crippen LogP contribution in [0.2, 0.25) is 0 Å². The number of ether oxygens (including phenoxy) is 1. The fraction of sp³-hybridized carbons (Fsp3) is 0.611. The second kappa shape index (κ2) is 7.03. The van der Waals surface area contributed by atoms with E-state index in [1.54, 1.807) is 0 Å². The molecule has 0 unspecified atom stereocenters. The second-order valence-electron chi connectivity index (χ2n) is 7.10. The molecular weight excluding hydrogens is 276 g/mol. The SMILES string of the molecule is COC(=O)CCc1ccc(N[C@H]2CCCC(C)(C)C2)c(N)c1. The number of methoxy groups -OCH3 is 1. The highest BCUT2D eigenvalue weighted by atomic mass is 16.5. The minimum Gasteiger partial charge on any atom is -0.469 e. The summed E-state index contributed by atoms with van der Waals surface area (Å²) in [5, 5.41) is 3.59. The number of carbonyl (C=O) groups excluding carboxylic acids is 1. The van der Waals surface area contributed by atoms with E-state index in [1.165, 1.54) is 32.8 Å². The number of carbonyl (C=O) groups is 1. The normalized spacial score (nSPS) is 20.4. The van der Waals surface area contributed by atoms with Crippen molar-refractivity contribution in [1.29, 1.82) is 0 Å². The zero-order valence-corrected chi connectivity index (χ0v) is 13.9. The van der Waals surface area contributed by atoms with E-state index in [2.05, 4.69) is 23.9 Å². The molecule has 0 aromatic heterocycles. The van der Waals surface area contributed by atoms with Crippen molar-refractivity contribution < 1.29 is 9.53 Å². The molecule has 0 aliphatic heterocycles. The average molecular weight is 304 g/mol. The van der Waals surface area contributed by atoms with Gasteiger partial charge < -0.3 is 15.8 Å². The summed E-state index contributed by atoms with van der Waals surface area (Å²) < 4.78 is 4.66. The molecule has 1 aromatic rings. The summed E-state index contributed by atoms with van der Waals surface area (Å²) in [5.74, 6) is -0.190. The van der Waals surface area contributed by atoms with Crippen molar-refractivity contribution in [2.24, 2.45) is 5.41 Å². The van der Waals surface area contributed by atoms with E-state index in [-0.39, 0.29) is 5.97 Å². The Morgan fingerprint density at radius 2 is 2.23 bits per heavy atom. The molecule has 4 nitrogen and oxygen atoms in total. The van der Waals surface area contributed by atoms with Gasteiger partial charge in [0, 0.05) is 12.5 Å². The second-order valence-corrected chi connectivity index (χ2v) is 7.10. The van der Waals surface area contributed by atoms with Crippen molar-refractivity contribution >= 4 is 17.3 Å². The highest BCUT2D eigenvalue weighted by Gasteiger charge is 2.28. The van der Waals surface area contributed by atoms with E-state index < -0.39 is 0 Å². The van der Waals surface area contributed by atoms with Crippen LogP contribution in [0.3, 0.4) is 0 Å². The molecule has 1 saturated carbocycles. The first kappa shape index (κ1) is 16.7. The molecule has 1 aromatic carbocycles. The summed E-state index contributed by atoms with van der Waals surface area (Å²) in [7, 11) is 1.41. The lowest BCUT2D eigenvalue weighted by atomic mass is 9.75. The summed E-state index contributed by atoms with van der Waals surface area (Å²) in [4.78, 5) is 11.2. The molecule has 0 heterocycles. The fourth-order valence-electron chi connectivity index (χ4n) is 3.29. The third-order valence-electron chi connectivity index (χ3n) is 4.53. The third kappa shape index (κ3) is 4.65. The Morgan fingerprint density at radius 1 is 1.45 bits per heavy atom. The van der Waals surface area contributed by atoms with Gasteiger partial charge in [-0.1, -0.05) is 26.3 Å². The molecule has 1 atom stereocenters. The Labute approximate surface area is 133 Å². The zero-order valence-electron chi connectivity index (χ0n) is 13.9. The molecule has 122 valence electrons. The van der Waals surface area contributed by atoms with E-state index in [1.807, 2.05) is 18.2 Å². The number of nitrogen functional groups attached to an aromatic ring is 1. The van der Waals surface area contributed by atoms with E-state index in [4.69, 9.17) is 5.73 Å². The summed E-state index contributed by atoms with van der Waals surface area (Å²) in [6.45, 7) is 4.67. The van der Waals surface area contributed by atoms with Crippen LogP contribution >= 0.6 is 0 Å². The van der Waals surface area contributed by atoms with E-state index in [0.29, 0.717) is 24.3 Å². The third-order valence-corrected chi connectivity index (χ3v) is 4.53. The van der Waals surface area contributed by atoms with Gasteiger partial charge in [0.05, 0.1) is 18.5 Å². The highest BCUT2D eigenvalue weighted by Crippen LogP contribution is 2.37. The standard InChI is InChI=1S/C18H28N2O2/c1-18(2)10-4-5-14(12-18)20-16-8-6-13(11-15(16)19)7-9-17(21)22-3/h6,8,11,14,20H,4-5,7,9-10,12,19H2,1-3H3/t14-/m0/s1. The van der Waals surface area contributed by atoms with Crippen LogP contribution in [0.4, 0.5) is 11.4 Å². The summed E-state index contributed by atoms with van der Waals surface area (Å²) in [6, 6.07) is 6.52. The number of anilines is 2. The number of rotatable bonds is 5. The highest BCUT2D eigenvalue weighted by molar-refractivity contribution is 5.70. The molecule has 0 saturated heterocycles. The van der Waals surface area contributed by atoms with Crippen LogP contribution in [-0.4, -0.2) is 19.1 Å². The molecule has 1 fully saturated rings. The maximum absolute atomic E-state index is 11.2. The van der Waals surface area contributed by atoms with E-state index in [9.17, 15) is 4.79 Å². The van der Waals surface area contributed by atoms with Crippen LogP contribution in [0.15, 0.2) is 18.2 Å². The number of aryl methyl sites for hydroxylation is 1. The van der Waals surface area contributed by atoms with Gasteiger partial charge in [-0.2, -0.15) is 0 Å². The van der Waals surface area contributed by atoms with Gasteiger partial charge in [0.15, 0.2) is 0 Å². The Morgan fingerprint density at radius 3 is 2.86 bits per heavy atom. The zero-order chi connectivity index (χ0) is 16.2. The molecule has 0 radical (unpaired) electrons. The van der Waals surface area contributed by atoms with Crippen molar-refractivity contribution in [2.45, 2.75) is 58.4 Å². The van der Waals surface area contributed by atoms with Crippen LogP contribution in [0.5, 0.6) is 0 Å². The van der Waals surface area contributed by atoms with Crippen LogP contribution in [0, 0.1) is 5.41 Å². The number of esters is 1.